The summed E-state index contributed by atoms with van der Waals surface area (Å²) < 4.78 is 1.17. The second kappa shape index (κ2) is 8.31. The summed E-state index contributed by atoms with van der Waals surface area (Å²) in [6, 6.07) is 3.10. The number of hydrogen-bond donors (Lipinski definition) is 1. The molecule has 0 aromatic carbocycles. The van der Waals surface area contributed by atoms with E-state index in [1.165, 1.54) is 28.6 Å². The summed E-state index contributed by atoms with van der Waals surface area (Å²) in [5.41, 5.74) is 6.01. The number of halogens is 1. The molecule has 0 aliphatic heterocycles. The number of nitrogens with two attached hydrogens (primary N) is 1. The first kappa shape index (κ1) is 16.2. The fourth-order valence-corrected chi connectivity index (χ4v) is 3.82. The average Bonchev–Trinajstić information content (AvgIpc) is 2.74. The van der Waals surface area contributed by atoms with E-state index in [2.05, 4.69) is 53.0 Å². The molecule has 1 rings (SSSR count). The maximum Gasteiger partial charge on any atom is 0.0566 e. The summed E-state index contributed by atoms with van der Waals surface area (Å²) in [5.74, 6) is 0. The van der Waals surface area contributed by atoms with E-state index in [-0.39, 0.29) is 0 Å². The minimum absolute atomic E-state index is 0.359. The third-order valence-corrected chi connectivity index (χ3v) is 5.02. The van der Waals surface area contributed by atoms with Gasteiger partial charge in [-0.1, -0.05) is 19.8 Å². The molecule has 2 nitrogen and oxygen atoms in total. The normalized spacial score (nSPS) is 13.5. The second-order valence-electron chi connectivity index (χ2n) is 4.96. The van der Waals surface area contributed by atoms with Gasteiger partial charge in [0.1, 0.15) is 0 Å². The lowest BCUT2D eigenvalue weighted by Gasteiger charge is -2.33. The standard InChI is InChI=1S/C14H25BrN2S/c1-4-5-6-7-17(11(2)3)13(9-16)14-8-12(15)10-18-14/h8,10-11,13H,4-7,9,16H2,1-3H3. The highest BCUT2D eigenvalue weighted by Crippen LogP contribution is 2.30. The van der Waals surface area contributed by atoms with E-state index >= 15 is 0 Å². The minimum atomic E-state index is 0.359. The lowest BCUT2D eigenvalue weighted by atomic mass is 10.1. The van der Waals surface area contributed by atoms with Gasteiger partial charge in [0.15, 0.2) is 0 Å². The molecule has 0 bridgehead atoms. The van der Waals surface area contributed by atoms with E-state index in [4.69, 9.17) is 5.73 Å². The first-order valence-corrected chi connectivity index (χ1v) is 8.47. The van der Waals surface area contributed by atoms with Crippen molar-refractivity contribution in [2.24, 2.45) is 5.73 Å². The molecule has 4 heteroatoms. The van der Waals surface area contributed by atoms with Crippen molar-refractivity contribution in [3.63, 3.8) is 0 Å². The van der Waals surface area contributed by atoms with Gasteiger partial charge in [0.2, 0.25) is 0 Å². The fourth-order valence-electron chi connectivity index (χ4n) is 2.24. The summed E-state index contributed by atoms with van der Waals surface area (Å²) in [7, 11) is 0. The van der Waals surface area contributed by atoms with Crippen LogP contribution in [0.15, 0.2) is 15.9 Å². The van der Waals surface area contributed by atoms with Crippen molar-refractivity contribution in [1.82, 2.24) is 4.90 Å². The number of rotatable bonds is 8. The SMILES string of the molecule is CCCCCN(C(C)C)C(CN)c1cc(Br)cs1. The van der Waals surface area contributed by atoms with Crippen molar-refractivity contribution in [2.75, 3.05) is 13.1 Å². The monoisotopic (exact) mass is 332 g/mol. The van der Waals surface area contributed by atoms with Crippen LogP contribution in [0.3, 0.4) is 0 Å². The van der Waals surface area contributed by atoms with Crippen molar-refractivity contribution in [2.45, 2.75) is 52.1 Å². The Morgan fingerprint density at radius 1 is 1.39 bits per heavy atom. The number of unbranched alkanes of at least 4 members (excludes halogenated alkanes) is 2. The Balaban J connectivity index is 2.74. The zero-order chi connectivity index (χ0) is 13.5. The number of thiophene rings is 1. The second-order valence-corrected chi connectivity index (χ2v) is 6.82. The molecule has 1 atom stereocenters. The predicted molar refractivity (Wildman–Crippen MR) is 85.2 cm³/mol. The molecule has 104 valence electrons. The molecule has 0 amide bonds. The molecular formula is C14H25BrN2S. The molecule has 1 unspecified atom stereocenters. The summed E-state index contributed by atoms with van der Waals surface area (Å²) in [5, 5.41) is 2.14. The Morgan fingerprint density at radius 3 is 2.56 bits per heavy atom. The maximum atomic E-state index is 6.01. The van der Waals surface area contributed by atoms with Crippen LogP contribution in [0.4, 0.5) is 0 Å². The Labute approximate surface area is 124 Å². The number of nitrogens with zero attached hydrogens (tertiary/aromatic N) is 1. The summed E-state index contributed by atoms with van der Waals surface area (Å²) in [6.07, 6.45) is 3.83. The van der Waals surface area contributed by atoms with Crippen LogP contribution in [-0.4, -0.2) is 24.0 Å². The van der Waals surface area contributed by atoms with Crippen molar-refractivity contribution < 1.29 is 0 Å². The topological polar surface area (TPSA) is 29.3 Å². The molecule has 0 saturated carbocycles. The first-order chi connectivity index (χ1) is 8.60. The average molecular weight is 333 g/mol. The van der Waals surface area contributed by atoms with Gasteiger partial charge in [0.25, 0.3) is 0 Å². The van der Waals surface area contributed by atoms with Gasteiger partial charge in [-0.3, -0.25) is 4.90 Å². The summed E-state index contributed by atoms with van der Waals surface area (Å²) in [4.78, 5) is 3.91. The molecule has 0 aliphatic carbocycles. The van der Waals surface area contributed by atoms with Gasteiger partial charge in [-0.15, -0.1) is 11.3 Å². The van der Waals surface area contributed by atoms with Crippen LogP contribution in [0.5, 0.6) is 0 Å². The van der Waals surface area contributed by atoms with Crippen LogP contribution in [-0.2, 0) is 0 Å². The molecule has 0 aliphatic rings. The lowest BCUT2D eigenvalue weighted by molar-refractivity contribution is 0.156. The van der Waals surface area contributed by atoms with E-state index in [0.29, 0.717) is 18.6 Å². The van der Waals surface area contributed by atoms with Gasteiger partial charge >= 0.3 is 0 Å². The van der Waals surface area contributed by atoms with Gasteiger partial charge in [-0.05, 0) is 48.8 Å². The molecule has 1 heterocycles. The number of hydrogen-bond acceptors (Lipinski definition) is 3. The zero-order valence-corrected chi connectivity index (χ0v) is 14.1. The van der Waals surface area contributed by atoms with Gasteiger partial charge in [-0.25, -0.2) is 0 Å². The highest BCUT2D eigenvalue weighted by Gasteiger charge is 2.22. The Morgan fingerprint density at radius 2 is 2.11 bits per heavy atom. The largest absolute Gasteiger partial charge is 0.329 e. The summed E-state index contributed by atoms with van der Waals surface area (Å²) in [6.45, 7) is 8.60. The Bertz CT molecular complexity index is 338. The van der Waals surface area contributed by atoms with Crippen molar-refractivity contribution in [1.29, 1.82) is 0 Å². The van der Waals surface area contributed by atoms with Crippen molar-refractivity contribution in [3.05, 3.63) is 20.8 Å². The molecule has 18 heavy (non-hydrogen) atoms. The highest BCUT2D eigenvalue weighted by molar-refractivity contribution is 9.10. The lowest BCUT2D eigenvalue weighted by Crippen LogP contribution is -2.39. The van der Waals surface area contributed by atoms with Crippen molar-refractivity contribution >= 4 is 27.3 Å². The van der Waals surface area contributed by atoms with E-state index in [1.807, 2.05) is 0 Å². The van der Waals surface area contributed by atoms with Crippen LogP contribution in [0.1, 0.15) is 51.0 Å². The van der Waals surface area contributed by atoms with Gasteiger partial charge < -0.3 is 5.73 Å². The highest BCUT2D eigenvalue weighted by atomic mass is 79.9. The van der Waals surface area contributed by atoms with Crippen molar-refractivity contribution in [3.8, 4) is 0 Å². The fraction of sp³-hybridized carbons (Fsp3) is 0.714. The summed E-state index contributed by atoms with van der Waals surface area (Å²) >= 11 is 5.33. The molecule has 1 aromatic rings. The Hall–Kier alpha value is 0.1000. The molecule has 0 saturated heterocycles. The Kier molecular flexibility index (Phi) is 7.46. The quantitative estimate of drug-likeness (QED) is 0.714. The molecule has 2 N–H and O–H groups in total. The third-order valence-electron chi connectivity index (χ3n) is 3.22. The predicted octanol–water partition coefficient (Wildman–Crippen LogP) is 4.41. The third kappa shape index (κ3) is 4.65. The molecule has 0 spiro atoms. The maximum absolute atomic E-state index is 6.01. The van der Waals surface area contributed by atoms with Gasteiger partial charge in [0.05, 0.1) is 6.04 Å². The van der Waals surface area contributed by atoms with Crippen LogP contribution in [0.2, 0.25) is 0 Å². The van der Waals surface area contributed by atoms with Crippen LogP contribution < -0.4 is 5.73 Å². The van der Waals surface area contributed by atoms with E-state index in [1.54, 1.807) is 11.3 Å². The molecular weight excluding hydrogens is 308 g/mol. The van der Waals surface area contributed by atoms with Gasteiger partial charge in [0, 0.05) is 27.3 Å². The van der Waals surface area contributed by atoms with Crippen LogP contribution >= 0.6 is 27.3 Å². The van der Waals surface area contributed by atoms with Crippen LogP contribution in [0, 0.1) is 0 Å². The van der Waals surface area contributed by atoms with Gasteiger partial charge in [-0.2, -0.15) is 0 Å². The van der Waals surface area contributed by atoms with E-state index in [0.717, 1.165) is 6.54 Å². The first-order valence-electron chi connectivity index (χ1n) is 6.79. The molecule has 0 fully saturated rings. The molecule has 1 aromatic heterocycles. The van der Waals surface area contributed by atoms with E-state index in [9.17, 15) is 0 Å². The minimum Gasteiger partial charge on any atom is -0.329 e. The van der Waals surface area contributed by atoms with Crippen LogP contribution in [0.25, 0.3) is 0 Å². The van der Waals surface area contributed by atoms with E-state index < -0.39 is 0 Å². The molecule has 0 radical (unpaired) electrons. The smallest absolute Gasteiger partial charge is 0.0566 e. The zero-order valence-electron chi connectivity index (χ0n) is 11.7.